The normalized spacial score (nSPS) is 10.4. The van der Waals surface area contributed by atoms with Gasteiger partial charge in [0.05, 0.1) is 13.0 Å². The van der Waals surface area contributed by atoms with E-state index in [4.69, 9.17) is 4.74 Å². The minimum atomic E-state index is -0.401. The fourth-order valence-corrected chi connectivity index (χ4v) is 1.22. The smallest absolute Gasteiger partial charge is 0.307 e. The van der Waals surface area contributed by atoms with Gasteiger partial charge in [0.1, 0.15) is 5.82 Å². The number of carbonyl (C=O) groups excluding carboxylic acids is 2. The van der Waals surface area contributed by atoms with Crippen LogP contribution in [0.4, 0.5) is 0 Å². The predicted octanol–water partition coefficient (Wildman–Crippen LogP) is 0.611. The van der Waals surface area contributed by atoms with Gasteiger partial charge in [0.2, 0.25) is 5.82 Å². The molecule has 0 spiro atoms. The van der Waals surface area contributed by atoms with E-state index in [2.05, 4.69) is 20.5 Å². The second-order valence-corrected chi connectivity index (χ2v) is 4.01. The molecule has 1 amide bonds. The summed E-state index contributed by atoms with van der Waals surface area (Å²) in [6, 6.07) is 0. The van der Waals surface area contributed by atoms with E-state index < -0.39 is 5.91 Å². The van der Waals surface area contributed by atoms with Gasteiger partial charge in [-0.3, -0.25) is 14.7 Å². The fraction of sp³-hybridized carbons (Fsp3) is 0.636. The molecule has 0 aliphatic heterocycles. The van der Waals surface area contributed by atoms with Crippen LogP contribution in [-0.2, 0) is 9.53 Å². The van der Waals surface area contributed by atoms with E-state index in [-0.39, 0.29) is 30.7 Å². The Morgan fingerprint density at radius 2 is 2.17 bits per heavy atom. The molecule has 1 rings (SSSR count). The first-order chi connectivity index (χ1) is 8.54. The number of esters is 1. The molecule has 0 unspecified atom stereocenters. The maximum absolute atomic E-state index is 11.6. The molecule has 7 nitrogen and oxygen atoms in total. The summed E-state index contributed by atoms with van der Waals surface area (Å²) in [5, 5.41) is 9.05. The van der Waals surface area contributed by atoms with E-state index in [9.17, 15) is 9.59 Å². The maximum Gasteiger partial charge on any atom is 0.307 e. The lowest BCUT2D eigenvalue weighted by atomic mass is 10.2. The van der Waals surface area contributed by atoms with E-state index in [1.54, 1.807) is 6.92 Å². The average Bonchev–Trinajstić information content (AvgIpc) is 2.78. The summed E-state index contributed by atoms with van der Waals surface area (Å²) in [6.45, 7) is 6.18. The molecule has 0 fully saturated rings. The molecule has 1 aromatic heterocycles. The Balaban J connectivity index is 2.38. The average molecular weight is 254 g/mol. The fourth-order valence-electron chi connectivity index (χ4n) is 1.22. The summed E-state index contributed by atoms with van der Waals surface area (Å²) in [7, 11) is 0. The molecule has 0 aliphatic carbocycles. The van der Waals surface area contributed by atoms with Crippen LogP contribution in [0.3, 0.4) is 0 Å². The molecule has 0 aromatic carbocycles. The third-order valence-corrected chi connectivity index (χ3v) is 2.17. The van der Waals surface area contributed by atoms with Gasteiger partial charge in [0.25, 0.3) is 5.91 Å². The molecule has 0 atom stereocenters. The van der Waals surface area contributed by atoms with Crippen molar-refractivity contribution in [2.24, 2.45) is 0 Å². The third-order valence-electron chi connectivity index (χ3n) is 2.17. The number of aromatic amines is 1. The molecular weight excluding hydrogens is 236 g/mol. The van der Waals surface area contributed by atoms with Gasteiger partial charge in [-0.25, -0.2) is 4.98 Å². The minimum absolute atomic E-state index is 0.0857. The van der Waals surface area contributed by atoms with Crippen molar-refractivity contribution < 1.29 is 14.3 Å². The summed E-state index contributed by atoms with van der Waals surface area (Å²) in [5.41, 5.74) is 0. The summed E-state index contributed by atoms with van der Waals surface area (Å²) >= 11 is 0. The minimum Gasteiger partial charge on any atom is -0.466 e. The molecular formula is C11H18N4O3. The largest absolute Gasteiger partial charge is 0.466 e. The van der Waals surface area contributed by atoms with Crippen molar-refractivity contribution >= 4 is 11.9 Å². The second-order valence-electron chi connectivity index (χ2n) is 4.01. The van der Waals surface area contributed by atoms with E-state index in [0.717, 1.165) is 0 Å². The van der Waals surface area contributed by atoms with Gasteiger partial charge in [-0.2, -0.15) is 0 Å². The van der Waals surface area contributed by atoms with Crippen LogP contribution >= 0.6 is 0 Å². The first-order valence-electron chi connectivity index (χ1n) is 5.90. The van der Waals surface area contributed by atoms with Crippen LogP contribution in [0.5, 0.6) is 0 Å². The molecule has 1 heterocycles. The van der Waals surface area contributed by atoms with Crippen molar-refractivity contribution in [1.29, 1.82) is 0 Å². The Morgan fingerprint density at radius 1 is 1.44 bits per heavy atom. The van der Waals surface area contributed by atoms with Crippen molar-refractivity contribution in [1.82, 2.24) is 20.5 Å². The number of hydrogen-bond donors (Lipinski definition) is 2. The Hall–Kier alpha value is -1.92. The predicted molar refractivity (Wildman–Crippen MR) is 64.1 cm³/mol. The highest BCUT2D eigenvalue weighted by molar-refractivity contribution is 5.90. The molecule has 7 heteroatoms. The van der Waals surface area contributed by atoms with Crippen molar-refractivity contribution in [3.63, 3.8) is 0 Å². The number of rotatable bonds is 6. The summed E-state index contributed by atoms with van der Waals surface area (Å²) < 4.78 is 4.74. The van der Waals surface area contributed by atoms with Crippen LogP contribution < -0.4 is 5.32 Å². The highest BCUT2D eigenvalue weighted by Gasteiger charge is 2.14. The van der Waals surface area contributed by atoms with Crippen molar-refractivity contribution in [2.45, 2.75) is 33.1 Å². The van der Waals surface area contributed by atoms with Crippen molar-refractivity contribution in [3.8, 4) is 0 Å². The Labute approximate surface area is 105 Å². The Bertz CT molecular complexity index is 414. The number of nitrogens with zero attached hydrogens (tertiary/aromatic N) is 2. The topological polar surface area (TPSA) is 97.0 Å². The van der Waals surface area contributed by atoms with Crippen LogP contribution in [0.2, 0.25) is 0 Å². The molecule has 0 aliphatic rings. The van der Waals surface area contributed by atoms with Gasteiger partial charge in [-0.15, -0.1) is 5.10 Å². The number of carbonyl (C=O) groups is 2. The number of H-pyrrole nitrogens is 1. The van der Waals surface area contributed by atoms with Gasteiger partial charge in [-0.1, -0.05) is 13.8 Å². The summed E-state index contributed by atoms with van der Waals surface area (Å²) in [5.74, 6) is 0.185. The molecule has 0 bridgehead atoms. The van der Waals surface area contributed by atoms with E-state index in [1.165, 1.54) is 0 Å². The van der Waals surface area contributed by atoms with Crippen LogP contribution in [0.15, 0.2) is 0 Å². The van der Waals surface area contributed by atoms with Gasteiger partial charge in [0, 0.05) is 12.5 Å². The Morgan fingerprint density at radius 3 is 2.72 bits per heavy atom. The molecule has 0 saturated heterocycles. The van der Waals surface area contributed by atoms with Crippen molar-refractivity contribution in [3.05, 3.63) is 11.6 Å². The standard InChI is InChI=1S/C11H18N4O3/c1-4-18-8(16)5-6-12-11(17)10-13-9(7(2)3)14-15-10/h7H,4-6H2,1-3H3,(H,12,17)(H,13,14,15). The highest BCUT2D eigenvalue weighted by Crippen LogP contribution is 2.07. The summed E-state index contributed by atoms with van der Waals surface area (Å²) in [6.07, 6.45) is 0.140. The zero-order valence-electron chi connectivity index (χ0n) is 10.8. The van der Waals surface area contributed by atoms with E-state index >= 15 is 0 Å². The molecule has 2 N–H and O–H groups in total. The third kappa shape index (κ3) is 4.15. The first kappa shape index (κ1) is 14.1. The quantitative estimate of drug-likeness (QED) is 0.725. The number of nitrogens with one attached hydrogen (secondary N) is 2. The van der Waals surface area contributed by atoms with Gasteiger partial charge in [-0.05, 0) is 6.92 Å². The lowest BCUT2D eigenvalue weighted by Gasteiger charge is -2.02. The van der Waals surface area contributed by atoms with Gasteiger partial charge >= 0.3 is 5.97 Å². The summed E-state index contributed by atoms with van der Waals surface area (Å²) in [4.78, 5) is 26.7. The molecule has 0 saturated carbocycles. The van der Waals surface area contributed by atoms with Crippen LogP contribution in [0.1, 0.15) is 49.6 Å². The zero-order valence-corrected chi connectivity index (χ0v) is 10.8. The van der Waals surface area contributed by atoms with Crippen LogP contribution in [0.25, 0.3) is 0 Å². The SMILES string of the molecule is CCOC(=O)CCNC(=O)c1n[nH]c(C(C)C)n1. The number of aromatic nitrogens is 3. The lowest BCUT2D eigenvalue weighted by molar-refractivity contribution is -0.142. The molecule has 1 aromatic rings. The first-order valence-corrected chi connectivity index (χ1v) is 5.90. The number of amides is 1. The second kappa shape index (κ2) is 6.73. The monoisotopic (exact) mass is 254 g/mol. The highest BCUT2D eigenvalue weighted by atomic mass is 16.5. The van der Waals surface area contributed by atoms with Gasteiger partial charge in [0.15, 0.2) is 0 Å². The van der Waals surface area contributed by atoms with Gasteiger partial charge < -0.3 is 10.1 Å². The zero-order chi connectivity index (χ0) is 13.5. The molecule has 0 radical (unpaired) electrons. The lowest BCUT2D eigenvalue weighted by Crippen LogP contribution is -2.27. The molecule has 18 heavy (non-hydrogen) atoms. The molecule has 100 valence electrons. The number of ether oxygens (including phenoxy) is 1. The maximum atomic E-state index is 11.6. The van der Waals surface area contributed by atoms with E-state index in [0.29, 0.717) is 12.4 Å². The van der Waals surface area contributed by atoms with Crippen LogP contribution in [-0.4, -0.2) is 40.2 Å². The Kier molecular flexibility index (Phi) is 5.29. The van der Waals surface area contributed by atoms with Crippen molar-refractivity contribution in [2.75, 3.05) is 13.2 Å². The van der Waals surface area contributed by atoms with E-state index in [1.807, 2.05) is 13.8 Å². The van der Waals surface area contributed by atoms with Crippen LogP contribution in [0, 0.1) is 0 Å². The number of hydrogen-bond acceptors (Lipinski definition) is 5.